The highest BCUT2D eigenvalue weighted by atomic mass is 35.5. The van der Waals surface area contributed by atoms with Gasteiger partial charge < -0.3 is 10.1 Å². The number of rotatable bonds is 7. The minimum atomic E-state index is 0.582. The van der Waals surface area contributed by atoms with Gasteiger partial charge in [0.05, 0.1) is 23.5 Å². The second-order valence-corrected chi connectivity index (χ2v) is 5.86. The highest BCUT2D eigenvalue weighted by Crippen LogP contribution is 2.20. The van der Waals surface area contributed by atoms with Gasteiger partial charge in [-0.05, 0) is 37.5 Å². The molecule has 0 saturated heterocycles. The molecule has 0 bridgehead atoms. The van der Waals surface area contributed by atoms with Gasteiger partial charge in [-0.15, -0.1) is 0 Å². The average molecular weight is 306 g/mol. The van der Waals surface area contributed by atoms with Crippen LogP contribution in [0.4, 0.5) is 0 Å². The van der Waals surface area contributed by atoms with Gasteiger partial charge in [-0.1, -0.05) is 23.7 Å². The lowest BCUT2D eigenvalue weighted by atomic mass is 10.2. The molecule has 3 rings (SSSR count). The summed E-state index contributed by atoms with van der Waals surface area (Å²) in [6.07, 6.45) is 4.30. The molecule has 1 aromatic heterocycles. The summed E-state index contributed by atoms with van der Waals surface area (Å²) in [5.41, 5.74) is 2.27. The molecule has 0 radical (unpaired) electrons. The summed E-state index contributed by atoms with van der Waals surface area (Å²) < 4.78 is 7.60. The first-order chi connectivity index (χ1) is 10.2. The van der Waals surface area contributed by atoms with Crippen molar-refractivity contribution in [2.24, 2.45) is 0 Å². The summed E-state index contributed by atoms with van der Waals surface area (Å²) in [5, 5.41) is 8.40. The van der Waals surface area contributed by atoms with E-state index in [0.29, 0.717) is 18.2 Å². The molecule has 1 aliphatic rings. The van der Waals surface area contributed by atoms with Gasteiger partial charge in [0.2, 0.25) is 0 Å². The topological polar surface area (TPSA) is 39.1 Å². The molecular weight excluding hydrogens is 286 g/mol. The second kappa shape index (κ2) is 6.50. The lowest BCUT2D eigenvalue weighted by Crippen LogP contribution is -2.15. The number of halogens is 1. The fourth-order valence-electron chi connectivity index (χ4n) is 2.15. The average Bonchev–Trinajstić information content (AvgIpc) is 3.28. The van der Waals surface area contributed by atoms with E-state index in [4.69, 9.17) is 16.3 Å². The van der Waals surface area contributed by atoms with Crippen molar-refractivity contribution < 1.29 is 4.74 Å². The van der Waals surface area contributed by atoms with Crippen molar-refractivity contribution in [2.75, 3.05) is 6.61 Å². The standard InChI is InChI=1S/C16H20ClN3O/c1-12-16(17)11-19-20(12)8-9-21-15-6-2-13(3-7-15)10-18-14-4-5-14/h2-3,6-7,11,14,18H,4-5,8-10H2,1H3. The van der Waals surface area contributed by atoms with E-state index in [2.05, 4.69) is 22.5 Å². The van der Waals surface area contributed by atoms with Crippen LogP contribution in [0.15, 0.2) is 30.5 Å². The van der Waals surface area contributed by atoms with Gasteiger partial charge >= 0.3 is 0 Å². The Kier molecular flexibility index (Phi) is 4.46. The van der Waals surface area contributed by atoms with Crippen LogP contribution in [-0.4, -0.2) is 22.4 Å². The van der Waals surface area contributed by atoms with E-state index in [1.54, 1.807) is 6.20 Å². The summed E-state index contributed by atoms with van der Waals surface area (Å²) in [6, 6.07) is 9.01. The van der Waals surface area contributed by atoms with Crippen LogP contribution in [-0.2, 0) is 13.1 Å². The van der Waals surface area contributed by atoms with Crippen LogP contribution < -0.4 is 10.1 Å². The van der Waals surface area contributed by atoms with Crippen LogP contribution in [0.1, 0.15) is 24.1 Å². The normalized spacial score (nSPS) is 14.4. The van der Waals surface area contributed by atoms with Crippen molar-refractivity contribution in [1.29, 1.82) is 0 Å². The smallest absolute Gasteiger partial charge is 0.119 e. The monoisotopic (exact) mass is 305 g/mol. The Morgan fingerprint density at radius 1 is 1.33 bits per heavy atom. The molecule has 1 N–H and O–H groups in total. The molecule has 1 fully saturated rings. The lowest BCUT2D eigenvalue weighted by Gasteiger charge is -2.09. The number of aromatic nitrogens is 2. The molecule has 0 spiro atoms. The maximum atomic E-state index is 5.97. The summed E-state index contributed by atoms with van der Waals surface area (Å²) >= 11 is 5.97. The Morgan fingerprint density at radius 3 is 2.71 bits per heavy atom. The Hall–Kier alpha value is -1.52. The molecule has 4 nitrogen and oxygen atoms in total. The molecule has 1 aromatic carbocycles. The maximum absolute atomic E-state index is 5.97. The molecule has 1 saturated carbocycles. The Morgan fingerprint density at radius 2 is 2.10 bits per heavy atom. The van der Waals surface area contributed by atoms with Crippen molar-refractivity contribution >= 4 is 11.6 Å². The van der Waals surface area contributed by atoms with E-state index >= 15 is 0 Å². The zero-order valence-electron chi connectivity index (χ0n) is 12.2. The zero-order chi connectivity index (χ0) is 14.7. The van der Waals surface area contributed by atoms with Crippen molar-refractivity contribution in [3.63, 3.8) is 0 Å². The Bertz CT molecular complexity index is 590. The summed E-state index contributed by atoms with van der Waals surface area (Å²) in [4.78, 5) is 0. The van der Waals surface area contributed by atoms with Gasteiger partial charge in [0.15, 0.2) is 0 Å². The minimum absolute atomic E-state index is 0.582. The lowest BCUT2D eigenvalue weighted by molar-refractivity contribution is 0.290. The summed E-state index contributed by atoms with van der Waals surface area (Å²) in [7, 11) is 0. The molecule has 112 valence electrons. The van der Waals surface area contributed by atoms with E-state index in [-0.39, 0.29) is 0 Å². The van der Waals surface area contributed by atoms with Crippen LogP contribution >= 0.6 is 11.6 Å². The molecule has 1 heterocycles. The molecule has 0 amide bonds. The van der Waals surface area contributed by atoms with E-state index in [0.717, 1.165) is 24.0 Å². The van der Waals surface area contributed by atoms with Gasteiger partial charge in [0.1, 0.15) is 12.4 Å². The number of nitrogens with one attached hydrogen (secondary N) is 1. The molecule has 21 heavy (non-hydrogen) atoms. The van der Waals surface area contributed by atoms with Crippen molar-refractivity contribution in [2.45, 2.75) is 38.9 Å². The Balaban J connectivity index is 1.45. The van der Waals surface area contributed by atoms with E-state index in [9.17, 15) is 0 Å². The third-order valence-electron chi connectivity index (χ3n) is 3.71. The maximum Gasteiger partial charge on any atom is 0.119 e. The number of benzene rings is 1. The molecule has 1 aliphatic carbocycles. The fraction of sp³-hybridized carbons (Fsp3) is 0.438. The van der Waals surface area contributed by atoms with Crippen LogP contribution in [0, 0.1) is 6.92 Å². The molecule has 0 aliphatic heterocycles. The predicted molar refractivity (Wildman–Crippen MR) is 83.8 cm³/mol. The van der Waals surface area contributed by atoms with Crippen LogP contribution in [0.3, 0.4) is 0 Å². The van der Waals surface area contributed by atoms with Crippen molar-refractivity contribution in [3.05, 3.63) is 46.7 Å². The first-order valence-corrected chi connectivity index (χ1v) is 7.73. The van der Waals surface area contributed by atoms with Crippen LogP contribution in [0.25, 0.3) is 0 Å². The molecular formula is C16H20ClN3O. The molecule has 0 unspecified atom stereocenters. The van der Waals surface area contributed by atoms with Gasteiger partial charge in [0, 0.05) is 12.6 Å². The van der Waals surface area contributed by atoms with E-state index in [1.807, 2.05) is 23.7 Å². The predicted octanol–water partition coefficient (Wildman–Crippen LogP) is 3.18. The first-order valence-electron chi connectivity index (χ1n) is 7.35. The zero-order valence-corrected chi connectivity index (χ0v) is 12.9. The fourth-order valence-corrected chi connectivity index (χ4v) is 2.29. The first kappa shape index (κ1) is 14.4. The van der Waals surface area contributed by atoms with Gasteiger partial charge in [-0.3, -0.25) is 4.68 Å². The third-order valence-corrected chi connectivity index (χ3v) is 4.08. The number of ether oxygens (including phenoxy) is 1. The molecule has 2 aromatic rings. The third kappa shape index (κ3) is 3.99. The SMILES string of the molecule is Cc1c(Cl)cnn1CCOc1ccc(CNC2CC2)cc1. The molecule has 5 heteroatoms. The highest BCUT2D eigenvalue weighted by Gasteiger charge is 2.19. The number of hydrogen-bond donors (Lipinski definition) is 1. The number of hydrogen-bond acceptors (Lipinski definition) is 3. The van der Waals surface area contributed by atoms with Crippen molar-refractivity contribution in [3.8, 4) is 5.75 Å². The number of nitrogens with zero attached hydrogens (tertiary/aromatic N) is 2. The van der Waals surface area contributed by atoms with Crippen molar-refractivity contribution in [1.82, 2.24) is 15.1 Å². The van der Waals surface area contributed by atoms with E-state index in [1.165, 1.54) is 18.4 Å². The van der Waals surface area contributed by atoms with Gasteiger partial charge in [-0.2, -0.15) is 5.10 Å². The van der Waals surface area contributed by atoms with E-state index < -0.39 is 0 Å². The van der Waals surface area contributed by atoms with Gasteiger partial charge in [0.25, 0.3) is 0 Å². The Labute approximate surface area is 130 Å². The second-order valence-electron chi connectivity index (χ2n) is 5.45. The quantitative estimate of drug-likeness (QED) is 0.854. The summed E-state index contributed by atoms with van der Waals surface area (Å²) in [6.45, 7) is 4.18. The largest absolute Gasteiger partial charge is 0.492 e. The highest BCUT2D eigenvalue weighted by molar-refractivity contribution is 6.31. The van der Waals surface area contributed by atoms with Gasteiger partial charge in [-0.25, -0.2) is 0 Å². The summed E-state index contributed by atoms with van der Waals surface area (Å²) in [5.74, 6) is 0.890. The minimum Gasteiger partial charge on any atom is -0.492 e. The van der Waals surface area contributed by atoms with Crippen LogP contribution in [0.2, 0.25) is 5.02 Å². The van der Waals surface area contributed by atoms with Crippen LogP contribution in [0.5, 0.6) is 5.75 Å². The molecule has 0 atom stereocenters.